The monoisotopic (exact) mass is 575 g/mol. The maximum absolute atomic E-state index is 15.8. The summed E-state index contributed by atoms with van der Waals surface area (Å²) in [6, 6.07) is 3.75. The number of alkyl halides is 2. The number of nitrogens with zero attached hydrogens (tertiary/aromatic N) is 3. The van der Waals surface area contributed by atoms with Crippen LogP contribution in [0.1, 0.15) is 62.0 Å². The van der Waals surface area contributed by atoms with Gasteiger partial charge in [0.05, 0.1) is 23.0 Å². The van der Waals surface area contributed by atoms with E-state index in [1.165, 1.54) is 17.0 Å². The Morgan fingerprint density at radius 2 is 1.80 bits per heavy atom. The number of piperazine rings is 1. The first-order chi connectivity index (χ1) is 19.3. The lowest BCUT2D eigenvalue weighted by Gasteiger charge is -2.44. The van der Waals surface area contributed by atoms with Crippen LogP contribution < -0.4 is 15.8 Å². The molecule has 0 radical (unpaired) electrons. The van der Waals surface area contributed by atoms with Crippen molar-refractivity contribution >= 4 is 28.9 Å². The molecule has 12 heteroatoms. The molecule has 2 atom stereocenters. The smallest absolute Gasteiger partial charge is 0.410 e. The number of likely N-dealkylation sites (N-methyl/N-ethyl adjacent to an activating group) is 1. The molecule has 1 saturated heterocycles. The van der Waals surface area contributed by atoms with Gasteiger partial charge in [-0.15, -0.1) is 0 Å². The number of H-pyrrole nitrogens is 1. The van der Waals surface area contributed by atoms with Crippen LogP contribution >= 0.6 is 0 Å². The van der Waals surface area contributed by atoms with Crippen LogP contribution in [0.4, 0.5) is 29.3 Å². The molecule has 2 N–H and O–H groups in total. The number of rotatable bonds is 6. The van der Waals surface area contributed by atoms with E-state index in [1.54, 1.807) is 13.8 Å². The van der Waals surface area contributed by atoms with E-state index in [2.05, 4.69) is 15.2 Å². The van der Waals surface area contributed by atoms with Gasteiger partial charge in [0.1, 0.15) is 5.82 Å². The Morgan fingerprint density at radius 3 is 2.44 bits per heavy atom. The van der Waals surface area contributed by atoms with Gasteiger partial charge in [-0.1, -0.05) is 6.08 Å². The lowest BCUT2D eigenvalue weighted by molar-refractivity contribution is 0.0802. The molecule has 3 heterocycles. The molecular weight excluding hydrogens is 539 g/mol. The number of hydrogen-bond acceptors (Lipinski definition) is 6. The number of benzene rings is 1. The highest BCUT2D eigenvalue weighted by atomic mass is 19.3. The second-order valence-electron chi connectivity index (χ2n) is 10.9. The van der Waals surface area contributed by atoms with E-state index in [4.69, 9.17) is 4.74 Å². The van der Waals surface area contributed by atoms with Crippen molar-refractivity contribution in [1.29, 1.82) is 0 Å². The van der Waals surface area contributed by atoms with E-state index in [0.29, 0.717) is 43.4 Å². The van der Waals surface area contributed by atoms with Crippen molar-refractivity contribution in [2.45, 2.75) is 58.7 Å². The second kappa shape index (κ2) is 12.4. The van der Waals surface area contributed by atoms with Gasteiger partial charge < -0.3 is 24.8 Å². The number of carbonyl (C=O) groups excluding carboxylic acids is 2. The van der Waals surface area contributed by atoms with Gasteiger partial charge in [-0.05, 0) is 58.9 Å². The zero-order chi connectivity index (χ0) is 30.0. The fraction of sp³-hybridized carbons (Fsp3) is 0.483. The minimum absolute atomic E-state index is 0.104. The van der Waals surface area contributed by atoms with Crippen molar-refractivity contribution in [3.8, 4) is 0 Å². The number of nitrogens with one attached hydrogen (secondary N) is 2. The van der Waals surface area contributed by atoms with Crippen LogP contribution in [0, 0.1) is 5.82 Å². The zero-order valence-corrected chi connectivity index (χ0v) is 23.8. The molecule has 1 aromatic heterocycles. The fourth-order valence-corrected chi connectivity index (χ4v) is 5.20. The highest BCUT2D eigenvalue weighted by molar-refractivity contribution is 6.07. The predicted octanol–water partition coefficient (Wildman–Crippen LogP) is 4.87. The molecule has 2 amide bonds. The Morgan fingerprint density at radius 1 is 1.12 bits per heavy atom. The van der Waals surface area contributed by atoms with Crippen LogP contribution in [0.2, 0.25) is 0 Å². The molecule has 1 aromatic carbocycles. The third-order valence-electron chi connectivity index (χ3n) is 7.56. The number of amides is 2. The first-order valence-corrected chi connectivity index (χ1v) is 13.6. The topological polar surface area (TPSA) is 98.0 Å². The normalized spacial score (nSPS) is 19.9. The van der Waals surface area contributed by atoms with E-state index in [-0.39, 0.29) is 36.0 Å². The zero-order valence-electron chi connectivity index (χ0n) is 23.8. The minimum Gasteiger partial charge on any atom is -0.447 e. The van der Waals surface area contributed by atoms with Crippen LogP contribution in [-0.2, 0) is 4.74 Å². The van der Waals surface area contributed by atoms with Crippen LogP contribution in [0.5, 0.6) is 0 Å². The number of halogens is 3. The summed E-state index contributed by atoms with van der Waals surface area (Å²) >= 11 is 0. The maximum Gasteiger partial charge on any atom is 0.410 e. The number of ether oxygens (including phenoxy) is 1. The van der Waals surface area contributed by atoms with E-state index in [1.807, 2.05) is 31.9 Å². The van der Waals surface area contributed by atoms with E-state index in [0.717, 1.165) is 6.20 Å². The molecule has 0 unspecified atom stereocenters. The molecule has 4 rings (SSSR count). The molecule has 2 aliphatic heterocycles. The van der Waals surface area contributed by atoms with Gasteiger partial charge in [-0.3, -0.25) is 14.5 Å². The number of carbonyl (C=O) groups is 2. The Bertz CT molecular complexity index is 1380. The molecule has 41 heavy (non-hydrogen) atoms. The number of aromatic amines is 1. The summed E-state index contributed by atoms with van der Waals surface area (Å²) in [4.78, 5) is 45.4. The van der Waals surface area contributed by atoms with Gasteiger partial charge in [0, 0.05) is 61.7 Å². The molecule has 1 fully saturated rings. The van der Waals surface area contributed by atoms with Crippen molar-refractivity contribution in [3.05, 3.63) is 63.3 Å². The van der Waals surface area contributed by atoms with Gasteiger partial charge in [-0.25, -0.2) is 18.0 Å². The highest BCUT2D eigenvalue weighted by Gasteiger charge is 2.30. The Hall–Kier alpha value is -3.80. The summed E-state index contributed by atoms with van der Waals surface area (Å²) < 4.78 is 48.5. The predicted molar refractivity (Wildman–Crippen MR) is 151 cm³/mol. The first kappa shape index (κ1) is 30.2. The van der Waals surface area contributed by atoms with Crippen LogP contribution in [0.3, 0.4) is 0 Å². The molecule has 2 aliphatic rings. The highest BCUT2D eigenvalue weighted by Crippen LogP contribution is 2.36. The first-order valence-electron chi connectivity index (χ1n) is 13.6. The summed E-state index contributed by atoms with van der Waals surface area (Å²) in [6.07, 6.45) is -0.605. The maximum atomic E-state index is 15.8. The SMILES string of the molecule is CC(C)OC(=O)N1CCC=C(c2cc(NC(=O)c3c[nH]c(=O)cc3C(F)F)c(N3C[C@@H](C)N(C)[C@@H](C)C3)cc2F)C1. The summed E-state index contributed by atoms with van der Waals surface area (Å²) in [7, 11) is 2.01. The van der Waals surface area contributed by atoms with Gasteiger partial charge in [0.25, 0.3) is 12.3 Å². The van der Waals surface area contributed by atoms with E-state index in [9.17, 15) is 23.2 Å². The molecule has 0 saturated carbocycles. The second-order valence-corrected chi connectivity index (χ2v) is 10.9. The third kappa shape index (κ3) is 6.75. The lowest BCUT2D eigenvalue weighted by atomic mass is 9.98. The Balaban J connectivity index is 1.74. The molecule has 0 spiro atoms. The van der Waals surface area contributed by atoms with E-state index < -0.39 is 40.9 Å². The Labute approximate surface area is 236 Å². The van der Waals surface area contributed by atoms with Gasteiger partial charge in [0.2, 0.25) is 5.56 Å². The molecule has 0 aliphatic carbocycles. The van der Waals surface area contributed by atoms with Crippen molar-refractivity contribution in [2.75, 3.05) is 43.4 Å². The van der Waals surface area contributed by atoms with Crippen LogP contribution in [0.25, 0.3) is 5.57 Å². The van der Waals surface area contributed by atoms with Gasteiger partial charge in [-0.2, -0.15) is 0 Å². The molecule has 222 valence electrons. The molecule has 0 bridgehead atoms. The van der Waals surface area contributed by atoms with Crippen molar-refractivity contribution in [2.24, 2.45) is 0 Å². The third-order valence-corrected chi connectivity index (χ3v) is 7.56. The average molecular weight is 576 g/mol. The minimum atomic E-state index is -3.05. The number of pyridine rings is 1. The summed E-state index contributed by atoms with van der Waals surface area (Å²) in [5.74, 6) is -1.41. The van der Waals surface area contributed by atoms with Crippen molar-refractivity contribution < 1.29 is 27.5 Å². The fourth-order valence-electron chi connectivity index (χ4n) is 5.20. The number of aromatic nitrogens is 1. The average Bonchev–Trinajstić information content (AvgIpc) is 2.91. The van der Waals surface area contributed by atoms with Gasteiger partial charge >= 0.3 is 6.09 Å². The van der Waals surface area contributed by atoms with Gasteiger partial charge in [0.15, 0.2) is 0 Å². The standard InChI is InChI=1S/C29H36F3N5O4/c1-16(2)41-29(40)36-8-6-7-19(15-36)20-9-24(34-28(39)22-12-33-26(38)10-21(22)27(31)32)25(11-23(20)30)37-13-17(3)35(5)18(4)14-37/h7,9-12,16-18,27H,6,8,13-15H2,1-5H3,(H,33,38)(H,34,39)/t17-,18+. The number of anilines is 2. The van der Waals surface area contributed by atoms with Crippen molar-refractivity contribution in [3.63, 3.8) is 0 Å². The largest absolute Gasteiger partial charge is 0.447 e. The summed E-state index contributed by atoms with van der Waals surface area (Å²) in [6.45, 7) is 9.17. The quantitative estimate of drug-likeness (QED) is 0.510. The van der Waals surface area contributed by atoms with Crippen LogP contribution in [0.15, 0.2) is 35.3 Å². The molecular formula is C29H36F3N5O4. The Kier molecular flexibility index (Phi) is 9.11. The van der Waals surface area contributed by atoms with Crippen LogP contribution in [-0.4, -0.2) is 78.2 Å². The van der Waals surface area contributed by atoms with E-state index >= 15 is 4.39 Å². The summed E-state index contributed by atoms with van der Waals surface area (Å²) in [5.41, 5.74) is -0.508. The molecule has 9 nitrogen and oxygen atoms in total. The summed E-state index contributed by atoms with van der Waals surface area (Å²) in [5, 5.41) is 2.70. The number of hydrogen-bond donors (Lipinski definition) is 2. The van der Waals surface area contributed by atoms with Crippen molar-refractivity contribution in [1.82, 2.24) is 14.8 Å². The lowest BCUT2D eigenvalue weighted by Crippen LogP contribution is -2.55. The molecule has 2 aromatic rings.